The number of nitrogens with zero attached hydrogens (tertiary/aromatic N) is 4. The molecule has 24 nitrogen and oxygen atoms in total. The third-order valence-electron chi connectivity index (χ3n) is 9.65. The molecular weight excluding hydrogens is 946 g/mol. The molecule has 0 bridgehead atoms. The summed E-state index contributed by atoms with van der Waals surface area (Å²) in [6.07, 6.45) is -7.76. The molecule has 29 heteroatoms. The first-order valence-electron chi connectivity index (χ1n) is 19.2. The van der Waals surface area contributed by atoms with Gasteiger partial charge in [-0.1, -0.05) is 75.0 Å². The second-order valence-corrected chi connectivity index (χ2v) is 20.1. The molecule has 6 N–H and O–H groups in total. The fourth-order valence-corrected chi connectivity index (χ4v) is 9.70. The normalized spacial score (nSPS) is 20.7. The monoisotopic (exact) mass is 989 g/mol. The topological polar surface area (TPSA) is 375 Å². The lowest BCUT2D eigenvalue weighted by atomic mass is 9.87. The van der Waals surface area contributed by atoms with Crippen LogP contribution in [0.3, 0.4) is 0 Å². The molecule has 4 aromatic rings. The van der Waals surface area contributed by atoms with Gasteiger partial charge < -0.3 is 69.0 Å². The Morgan fingerprint density at radius 3 is 2.38 bits per heavy atom. The Labute approximate surface area is 373 Å². The molecule has 3 heterocycles. The number of halogens is 1. The summed E-state index contributed by atoms with van der Waals surface area (Å²) < 4.78 is 75.6. The summed E-state index contributed by atoms with van der Waals surface area (Å²) in [5, 5.41) is 26.1. The Morgan fingerprint density at radius 2 is 1.71 bits per heavy atom. The minimum Gasteiger partial charge on any atom is -0.790 e. The van der Waals surface area contributed by atoms with E-state index >= 15 is 0 Å². The van der Waals surface area contributed by atoms with Crippen LogP contribution >= 0.6 is 35.2 Å². The minimum absolute atomic E-state index is 0.0308. The number of aliphatic hydroxyl groups is 2. The van der Waals surface area contributed by atoms with Crippen LogP contribution in [0, 0.1) is 11.2 Å². The van der Waals surface area contributed by atoms with E-state index in [1.165, 1.54) is 19.9 Å². The third kappa shape index (κ3) is 14.2. The number of nitrogen functional groups attached to an aromatic ring is 1. The lowest BCUT2D eigenvalue weighted by Crippen LogP contribution is -2.46. The van der Waals surface area contributed by atoms with Crippen molar-refractivity contribution in [3.8, 4) is 11.1 Å². The first kappa shape index (κ1) is 51.9. The molecule has 8 unspecified atom stereocenters. The number of anilines is 1. The molecule has 2 aromatic heterocycles. The molecule has 1 aliphatic rings. The van der Waals surface area contributed by atoms with Crippen molar-refractivity contribution >= 4 is 69.1 Å². The van der Waals surface area contributed by atoms with Gasteiger partial charge in [0.1, 0.15) is 42.1 Å². The molecule has 1 fully saturated rings. The predicted octanol–water partition coefficient (Wildman–Crippen LogP) is -0.253. The van der Waals surface area contributed by atoms with Crippen molar-refractivity contribution in [1.29, 1.82) is 0 Å². The molecule has 356 valence electrons. The number of carbonyl (C=O) groups excluding carboxylic acids is 3. The number of fused-ring (bicyclic) bond motifs is 1. The fourth-order valence-electron chi connectivity index (χ4n) is 6.17. The number of nitrogens with one attached hydrogen (secondary N) is 2. The quantitative estimate of drug-likeness (QED) is 0.0500. The number of nitrogens with two attached hydrogens (primary N) is 1. The Hall–Kier alpha value is -4.07. The van der Waals surface area contributed by atoms with Crippen molar-refractivity contribution in [2.75, 3.05) is 37.8 Å². The number of aromatic nitrogens is 4. The number of amides is 2. The lowest BCUT2D eigenvalue weighted by Gasteiger charge is -2.36. The van der Waals surface area contributed by atoms with Crippen molar-refractivity contribution in [2.45, 2.75) is 63.8 Å². The van der Waals surface area contributed by atoms with Crippen LogP contribution in [-0.2, 0) is 50.7 Å². The maximum atomic E-state index is 14.8. The van der Waals surface area contributed by atoms with Gasteiger partial charge >= 0.3 is 0 Å². The van der Waals surface area contributed by atoms with Crippen molar-refractivity contribution < 1.29 is 84.9 Å². The standard InChI is InChI=1S/C36H47FN7O17P3S/c1-20(22-9-10-23(24(37)15-22)21-7-5-4-6-8-21)35(49)65-14-13-39-26(45)11-12-40-33(48)30(47)36(2,3)17-58-64(55,56)61-63(53,54)57-16-25-29(60-62(50,51)52)28(46)34(59-25)44-19-43-27-31(38)41-18-42-32(27)44/h4-10,15,18-20,25,28-30,34,46-47H,11-14,16-17H2,1-3H3,(H,39,45)(H,40,48)(H,53,54)(H,55,56)(H2,38,41,42)(H2,50,51,52)/p-4. The summed E-state index contributed by atoms with van der Waals surface area (Å²) in [6, 6.07) is 13.6. The first-order valence-corrected chi connectivity index (χ1v) is 24.6. The van der Waals surface area contributed by atoms with Crippen molar-refractivity contribution in [2.24, 2.45) is 5.41 Å². The van der Waals surface area contributed by atoms with Crippen molar-refractivity contribution in [1.82, 2.24) is 30.2 Å². The molecule has 65 heavy (non-hydrogen) atoms. The molecule has 0 radical (unpaired) electrons. The van der Waals surface area contributed by atoms with Gasteiger partial charge in [-0.25, -0.2) is 23.7 Å². The number of hydrogen-bond acceptors (Lipinski definition) is 22. The highest BCUT2D eigenvalue weighted by atomic mass is 32.2. The summed E-state index contributed by atoms with van der Waals surface area (Å²) >= 11 is 0.945. The Kier molecular flexibility index (Phi) is 17.3. The molecule has 2 aromatic carbocycles. The largest absolute Gasteiger partial charge is 0.790 e. The smallest absolute Gasteiger partial charge is 0.274 e. The van der Waals surface area contributed by atoms with Gasteiger partial charge in [-0.15, -0.1) is 0 Å². The molecule has 0 spiro atoms. The predicted molar refractivity (Wildman–Crippen MR) is 218 cm³/mol. The van der Waals surface area contributed by atoms with Gasteiger partial charge in [0.2, 0.25) is 11.8 Å². The Balaban J connectivity index is 1.02. The molecule has 0 aliphatic carbocycles. The summed E-state index contributed by atoms with van der Waals surface area (Å²) in [5.74, 6) is -2.55. The van der Waals surface area contributed by atoms with Crippen LogP contribution in [0.4, 0.5) is 10.2 Å². The Morgan fingerprint density at radius 1 is 1.02 bits per heavy atom. The SMILES string of the molecule is CC(C(=O)SCCNC(=O)CCNC(=O)C(O)C(C)(C)COP(=O)([O-])OP(=O)([O-])OCC1OC(n2cnc3c(N)ncnc32)C(O)C1OP(=O)([O-])[O-])c1ccc(-c2ccccc2)c(F)c1. The molecular formula is C36H43FN7O17P3S-4. The van der Waals surface area contributed by atoms with E-state index in [-0.39, 0.29) is 47.4 Å². The lowest BCUT2D eigenvalue weighted by molar-refractivity contribution is -0.347. The van der Waals surface area contributed by atoms with Crippen LogP contribution in [0.1, 0.15) is 44.9 Å². The number of aliphatic hydroxyl groups excluding tert-OH is 2. The number of ether oxygens (including phenoxy) is 1. The highest BCUT2D eigenvalue weighted by Crippen LogP contribution is 2.56. The first-order chi connectivity index (χ1) is 30.4. The zero-order valence-corrected chi connectivity index (χ0v) is 38.0. The van der Waals surface area contributed by atoms with E-state index in [4.69, 9.17) is 10.5 Å². The van der Waals surface area contributed by atoms with Gasteiger partial charge in [-0.2, -0.15) is 0 Å². The van der Waals surface area contributed by atoms with Gasteiger partial charge in [0.05, 0.1) is 33.3 Å². The van der Waals surface area contributed by atoms with Gasteiger partial charge in [0.25, 0.3) is 15.6 Å². The number of phosphoric acid groups is 3. The number of thioether (sulfide) groups is 1. The van der Waals surface area contributed by atoms with E-state index in [0.29, 0.717) is 16.7 Å². The van der Waals surface area contributed by atoms with Gasteiger partial charge in [-0.3, -0.25) is 28.1 Å². The van der Waals surface area contributed by atoms with E-state index in [1.807, 2.05) is 6.07 Å². The summed E-state index contributed by atoms with van der Waals surface area (Å²) in [7, 11) is -17.7. The van der Waals surface area contributed by atoms with Gasteiger partial charge in [-0.05, 0) is 17.2 Å². The van der Waals surface area contributed by atoms with Crippen LogP contribution in [0.15, 0.2) is 61.2 Å². The summed E-state index contributed by atoms with van der Waals surface area (Å²) in [4.78, 5) is 97.4. The van der Waals surface area contributed by atoms with Crippen LogP contribution in [0.25, 0.3) is 22.3 Å². The highest BCUT2D eigenvalue weighted by molar-refractivity contribution is 8.13. The number of benzene rings is 2. The van der Waals surface area contributed by atoms with E-state index in [2.05, 4.69) is 43.5 Å². The number of rotatable bonds is 22. The van der Waals surface area contributed by atoms with Crippen LogP contribution < -0.4 is 35.9 Å². The van der Waals surface area contributed by atoms with Crippen LogP contribution in [0.5, 0.6) is 0 Å². The van der Waals surface area contributed by atoms with Crippen LogP contribution in [0.2, 0.25) is 0 Å². The number of imidazole rings is 1. The maximum absolute atomic E-state index is 14.8. The average molecular weight is 990 g/mol. The van der Waals surface area contributed by atoms with Gasteiger partial charge in [0.15, 0.2) is 22.8 Å². The second-order valence-electron chi connectivity index (χ2n) is 15.0. The molecule has 1 aliphatic heterocycles. The van der Waals surface area contributed by atoms with Crippen molar-refractivity contribution in [3.05, 3.63) is 72.6 Å². The number of hydrogen-bond donors (Lipinski definition) is 5. The molecule has 1 saturated heterocycles. The second kappa shape index (κ2) is 21.7. The zero-order valence-electron chi connectivity index (χ0n) is 34.5. The number of carbonyl (C=O) groups is 3. The zero-order chi connectivity index (χ0) is 47.9. The molecule has 2 amide bonds. The summed E-state index contributed by atoms with van der Waals surface area (Å²) in [5.41, 5.74) is 5.62. The van der Waals surface area contributed by atoms with Crippen molar-refractivity contribution in [3.63, 3.8) is 0 Å². The maximum Gasteiger partial charge on any atom is 0.274 e. The molecule has 0 saturated carbocycles. The highest BCUT2D eigenvalue weighted by Gasteiger charge is 2.47. The number of phosphoric ester groups is 3. The molecule has 5 rings (SSSR count). The van der Waals surface area contributed by atoms with E-state index < -0.39 is 96.3 Å². The van der Waals surface area contributed by atoms with E-state index in [0.717, 1.165) is 29.0 Å². The minimum atomic E-state index is -5.94. The fraction of sp³-hybridized carbons (Fsp3) is 0.444. The van der Waals surface area contributed by atoms with E-state index in [9.17, 15) is 62.3 Å². The van der Waals surface area contributed by atoms with Gasteiger partial charge in [0, 0.05) is 36.2 Å². The molecule has 8 atom stereocenters. The third-order valence-corrected chi connectivity index (χ3v) is 13.7. The summed E-state index contributed by atoms with van der Waals surface area (Å²) in [6.45, 7) is 1.50. The van der Waals surface area contributed by atoms with Crippen LogP contribution in [-0.4, -0.2) is 103 Å². The van der Waals surface area contributed by atoms with E-state index in [1.54, 1.807) is 43.3 Å². The average Bonchev–Trinajstić information content (AvgIpc) is 3.80. The Bertz CT molecular complexity index is 2490.